The first-order chi connectivity index (χ1) is 22.9. The van der Waals surface area contributed by atoms with E-state index in [-0.39, 0.29) is 17.7 Å². The zero-order chi connectivity index (χ0) is 32.8. The second-order valence-electron chi connectivity index (χ2n) is 11.2. The number of rotatable bonds is 8. The number of carbonyl (C=O) groups is 2. The summed E-state index contributed by atoms with van der Waals surface area (Å²) in [6.07, 6.45) is 5.15. The predicted octanol–water partition coefficient (Wildman–Crippen LogP) is 6.25. The minimum absolute atomic E-state index is 0.0955. The molecule has 1 aliphatic heterocycles. The van der Waals surface area contributed by atoms with E-state index in [0.29, 0.717) is 75.6 Å². The molecule has 3 aromatic heterocycles. The number of piperidine rings is 1. The maximum atomic E-state index is 13.2. The monoisotopic (exact) mass is 645 g/mol. The van der Waals surface area contributed by atoms with Gasteiger partial charge >= 0.3 is 0 Å². The van der Waals surface area contributed by atoms with Gasteiger partial charge in [0.25, 0.3) is 11.1 Å². The van der Waals surface area contributed by atoms with Gasteiger partial charge < -0.3 is 19.9 Å². The molecule has 6 rings (SSSR count). The molecule has 0 spiro atoms. The lowest BCUT2D eigenvalue weighted by Crippen LogP contribution is -2.47. The molecule has 0 aliphatic carbocycles. The number of nitrogens with one attached hydrogen (secondary N) is 1. The Kier molecular flexibility index (Phi) is 9.72. The Labute approximate surface area is 278 Å². The van der Waals surface area contributed by atoms with Crippen LogP contribution in [-0.4, -0.2) is 72.9 Å². The van der Waals surface area contributed by atoms with E-state index in [1.54, 1.807) is 48.8 Å². The zero-order valence-corrected chi connectivity index (χ0v) is 27.1. The van der Waals surface area contributed by atoms with Crippen molar-refractivity contribution < 1.29 is 14.3 Å². The SMILES string of the molecule is CCN(CC)C(=O)[C@H]1CCCN(C(=S)Oc2ccc(C(=O)Nc3ccc4nc(-c5ccccn5)c(-c5ccccn5)nc4c3)cc2)C1. The Balaban J connectivity index is 1.14. The first-order valence-corrected chi connectivity index (χ1v) is 16.2. The zero-order valence-electron chi connectivity index (χ0n) is 26.3. The molecule has 1 saturated heterocycles. The van der Waals surface area contributed by atoms with E-state index in [1.165, 1.54) is 0 Å². The molecule has 47 heavy (non-hydrogen) atoms. The van der Waals surface area contributed by atoms with Crippen molar-refractivity contribution in [3.8, 4) is 28.5 Å². The smallest absolute Gasteiger partial charge is 0.264 e. The first-order valence-electron chi connectivity index (χ1n) is 15.7. The fraction of sp³-hybridized carbons (Fsp3) is 0.250. The summed E-state index contributed by atoms with van der Waals surface area (Å²) in [7, 11) is 0. The van der Waals surface area contributed by atoms with Gasteiger partial charge in [-0.05, 0) is 106 Å². The molecule has 1 atom stereocenters. The first kappa shape index (κ1) is 31.7. The van der Waals surface area contributed by atoms with Crippen molar-refractivity contribution in [2.24, 2.45) is 5.92 Å². The topological polar surface area (TPSA) is 113 Å². The van der Waals surface area contributed by atoms with Crippen molar-refractivity contribution in [2.45, 2.75) is 26.7 Å². The number of hydrogen-bond acceptors (Lipinski definition) is 8. The maximum absolute atomic E-state index is 13.2. The highest BCUT2D eigenvalue weighted by molar-refractivity contribution is 7.80. The second kappa shape index (κ2) is 14.4. The van der Waals surface area contributed by atoms with Crippen LogP contribution in [0.2, 0.25) is 0 Å². The third-order valence-corrected chi connectivity index (χ3v) is 8.50. The summed E-state index contributed by atoms with van der Waals surface area (Å²) in [5.41, 5.74) is 4.91. The van der Waals surface area contributed by atoms with E-state index in [9.17, 15) is 9.59 Å². The molecular formula is C36H35N7O3S. The molecule has 1 N–H and O–H groups in total. The summed E-state index contributed by atoms with van der Waals surface area (Å²) < 4.78 is 5.96. The highest BCUT2D eigenvalue weighted by Crippen LogP contribution is 2.30. The Morgan fingerprint density at radius 2 is 1.55 bits per heavy atom. The molecule has 2 aromatic carbocycles. The van der Waals surface area contributed by atoms with Gasteiger partial charge in [0.15, 0.2) is 0 Å². The summed E-state index contributed by atoms with van der Waals surface area (Å²) >= 11 is 5.58. The lowest BCUT2D eigenvalue weighted by molar-refractivity contribution is -0.136. The van der Waals surface area contributed by atoms with E-state index in [4.69, 9.17) is 26.9 Å². The molecule has 1 aliphatic rings. The minimum atomic E-state index is -0.282. The van der Waals surface area contributed by atoms with Crippen LogP contribution in [-0.2, 0) is 4.79 Å². The molecule has 0 unspecified atom stereocenters. The third kappa shape index (κ3) is 7.25. The van der Waals surface area contributed by atoms with Crippen LogP contribution in [0.4, 0.5) is 5.69 Å². The third-order valence-electron chi connectivity index (χ3n) is 8.16. The van der Waals surface area contributed by atoms with Gasteiger partial charge in [0.1, 0.15) is 17.1 Å². The molecular weight excluding hydrogens is 611 g/mol. The van der Waals surface area contributed by atoms with Crippen LogP contribution >= 0.6 is 12.2 Å². The van der Waals surface area contributed by atoms with Gasteiger partial charge in [-0.3, -0.25) is 19.6 Å². The van der Waals surface area contributed by atoms with E-state index < -0.39 is 0 Å². The van der Waals surface area contributed by atoms with Crippen LogP contribution in [0.5, 0.6) is 5.75 Å². The highest BCUT2D eigenvalue weighted by Gasteiger charge is 2.30. The van der Waals surface area contributed by atoms with Crippen LogP contribution in [0, 0.1) is 5.92 Å². The Morgan fingerprint density at radius 3 is 2.17 bits per heavy atom. The molecule has 4 heterocycles. The summed E-state index contributed by atoms with van der Waals surface area (Å²) in [6.45, 7) is 6.67. The van der Waals surface area contributed by atoms with Gasteiger partial charge in [-0.1, -0.05) is 12.1 Å². The van der Waals surface area contributed by atoms with Gasteiger partial charge in [0.2, 0.25) is 5.91 Å². The van der Waals surface area contributed by atoms with Gasteiger partial charge in [-0.25, -0.2) is 9.97 Å². The fourth-order valence-corrected chi connectivity index (χ4v) is 5.94. The number of thiocarbonyl (C=S) groups is 1. The van der Waals surface area contributed by atoms with Crippen molar-refractivity contribution >= 4 is 45.9 Å². The van der Waals surface area contributed by atoms with Crippen molar-refractivity contribution in [2.75, 3.05) is 31.5 Å². The summed E-state index contributed by atoms with van der Waals surface area (Å²) in [5.74, 6) is 0.312. The van der Waals surface area contributed by atoms with E-state index >= 15 is 0 Å². The number of pyridine rings is 2. The Bertz CT molecular complexity index is 1880. The summed E-state index contributed by atoms with van der Waals surface area (Å²) in [5, 5.41) is 3.28. The molecule has 0 saturated carbocycles. The van der Waals surface area contributed by atoms with Gasteiger partial charge in [-0.15, -0.1) is 0 Å². The number of hydrogen-bond donors (Lipinski definition) is 1. The number of anilines is 1. The van der Waals surface area contributed by atoms with Gasteiger partial charge in [-0.2, -0.15) is 0 Å². The maximum Gasteiger partial charge on any atom is 0.264 e. The summed E-state index contributed by atoms with van der Waals surface area (Å²) in [6, 6.07) is 23.5. The largest absolute Gasteiger partial charge is 0.432 e. The minimum Gasteiger partial charge on any atom is -0.432 e. The van der Waals surface area contributed by atoms with Crippen LogP contribution in [0.25, 0.3) is 33.8 Å². The van der Waals surface area contributed by atoms with Gasteiger partial charge in [0, 0.05) is 49.8 Å². The number of fused-ring (bicyclic) bond motifs is 1. The standard InChI is InChI=1S/C36H35N7O3S/c1-3-42(4-2)35(45)25-10-9-21-43(23-25)36(47)46-27-16-13-24(14-17-27)34(44)39-26-15-18-28-31(22-26)41-33(30-12-6-8-20-38-30)32(40-28)29-11-5-7-19-37-29/h5-8,11-20,22,25H,3-4,9-10,21,23H2,1-2H3,(H,39,44)/t25-/m0/s1. The number of nitrogens with zero attached hydrogens (tertiary/aromatic N) is 6. The Hall–Kier alpha value is -5.29. The second-order valence-corrected chi connectivity index (χ2v) is 11.5. The van der Waals surface area contributed by atoms with Crippen molar-refractivity contribution in [1.29, 1.82) is 0 Å². The number of benzene rings is 2. The number of amides is 2. The molecule has 1 fully saturated rings. The molecule has 238 valence electrons. The average Bonchev–Trinajstić information content (AvgIpc) is 3.12. The quantitative estimate of drug-likeness (QED) is 0.196. The van der Waals surface area contributed by atoms with Crippen molar-refractivity contribution in [1.82, 2.24) is 29.7 Å². The molecule has 2 amide bonds. The van der Waals surface area contributed by atoms with Crippen LogP contribution in [0.1, 0.15) is 37.0 Å². The fourth-order valence-electron chi connectivity index (χ4n) is 5.68. The number of ether oxygens (including phenoxy) is 1. The number of aromatic nitrogens is 4. The summed E-state index contributed by atoms with van der Waals surface area (Å²) in [4.78, 5) is 48.6. The molecule has 0 bridgehead atoms. The van der Waals surface area contributed by atoms with Crippen molar-refractivity contribution in [3.63, 3.8) is 0 Å². The lowest BCUT2D eigenvalue weighted by Gasteiger charge is -2.35. The highest BCUT2D eigenvalue weighted by atomic mass is 32.1. The Morgan fingerprint density at radius 1 is 0.894 bits per heavy atom. The lowest BCUT2D eigenvalue weighted by atomic mass is 9.97. The molecule has 0 radical (unpaired) electrons. The number of carbonyl (C=O) groups excluding carboxylic acids is 2. The normalized spacial score (nSPS) is 14.4. The van der Waals surface area contributed by atoms with Crippen LogP contribution in [0.15, 0.2) is 91.3 Å². The van der Waals surface area contributed by atoms with Crippen LogP contribution in [0.3, 0.4) is 0 Å². The van der Waals surface area contributed by atoms with Crippen LogP contribution < -0.4 is 10.1 Å². The van der Waals surface area contributed by atoms with Gasteiger partial charge in [0.05, 0.1) is 28.3 Å². The molecule has 11 heteroatoms. The average molecular weight is 646 g/mol. The molecule has 10 nitrogen and oxygen atoms in total. The van der Waals surface area contributed by atoms with E-state index in [1.807, 2.05) is 66.1 Å². The predicted molar refractivity (Wildman–Crippen MR) is 186 cm³/mol. The molecule has 5 aromatic rings. The van der Waals surface area contributed by atoms with E-state index in [0.717, 1.165) is 19.4 Å². The number of likely N-dealkylation sites (tertiary alicyclic amines) is 1. The van der Waals surface area contributed by atoms with Crippen molar-refractivity contribution in [3.05, 3.63) is 96.8 Å². The van der Waals surface area contributed by atoms with E-state index in [2.05, 4.69) is 15.3 Å².